The number of benzene rings is 3. The second kappa shape index (κ2) is 14.7. The molecular weight excluding hydrogens is 468 g/mol. The van der Waals surface area contributed by atoms with Crippen molar-refractivity contribution in [3.63, 3.8) is 0 Å². The van der Waals surface area contributed by atoms with Crippen LogP contribution >= 0.6 is 0 Å². The van der Waals surface area contributed by atoms with Gasteiger partial charge in [-0.05, 0) is 22.8 Å². The molecule has 0 unspecified atom stereocenters. The smallest absolute Gasteiger partial charge is 0.204 e. The normalized spacial score (nSPS) is 23.8. The van der Waals surface area contributed by atoms with Gasteiger partial charge in [-0.15, -0.1) is 0 Å². The van der Waals surface area contributed by atoms with E-state index in [9.17, 15) is 0 Å². The van der Waals surface area contributed by atoms with Crippen LogP contribution in [0.15, 0.2) is 103 Å². The van der Waals surface area contributed by atoms with Crippen LogP contribution < -0.4 is 0 Å². The van der Waals surface area contributed by atoms with Crippen molar-refractivity contribution >= 4 is 0 Å². The summed E-state index contributed by atoms with van der Waals surface area (Å²) >= 11 is 0. The van der Waals surface area contributed by atoms with Crippen LogP contribution in [0.25, 0.3) is 0 Å². The molecule has 3 aromatic carbocycles. The first-order valence-corrected chi connectivity index (χ1v) is 12.7. The number of hydrogen-bond donors (Lipinski definition) is 1. The zero-order chi connectivity index (χ0) is 25.7. The van der Waals surface area contributed by atoms with Crippen LogP contribution in [-0.4, -0.2) is 42.9 Å². The molecule has 0 saturated carbocycles. The molecule has 6 heteroatoms. The molecule has 1 fully saturated rings. The lowest BCUT2D eigenvalue weighted by Crippen LogP contribution is -2.57. The SMILES string of the molecule is C[C@H]1[C@@H](O/C=C/CO)O[C@H](COCc2ccccc2)[C@H](OCc2ccccc2)[C@@H]1OCc1ccccc1. The Labute approximate surface area is 219 Å². The average Bonchev–Trinajstić information content (AvgIpc) is 2.94. The van der Waals surface area contributed by atoms with E-state index in [-0.39, 0.29) is 24.7 Å². The highest BCUT2D eigenvalue weighted by atomic mass is 16.7. The molecule has 0 aliphatic carbocycles. The predicted molar refractivity (Wildman–Crippen MR) is 141 cm³/mol. The molecule has 0 radical (unpaired) electrons. The van der Waals surface area contributed by atoms with Gasteiger partial charge in [-0.3, -0.25) is 0 Å². The summed E-state index contributed by atoms with van der Waals surface area (Å²) in [5, 5.41) is 9.15. The Bertz CT molecular complexity index is 1040. The van der Waals surface area contributed by atoms with Crippen LogP contribution in [0.4, 0.5) is 0 Å². The predicted octanol–water partition coefficient (Wildman–Crippen LogP) is 5.26. The number of ether oxygens (including phenoxy) is 5. The van der Waals surface area contributed by atoms with E-state index in [1.165, 1.54) is 12.3 Å². The average molecular weight is 505 g/mol. The maximum Gasteiger partial charge on any atom is 0.204 e. The van der Waals surface area contributed by atoms with E-state index in [0.29, 0.717) is 26.4 Å². The summed E-state index contributed by atoms with van der Waals surface area (Å²) in [6, 6.07) is 30.2. The number of hydrogen-bond acceptors (Lipinski definition) is 6. The van der Waals surface area contributed by atoms with Gasteiger partial charge >= 0.3 is 0 Å². The topological polar surface area (TPSA) is 66.4 Å². The van der Waals surface area contributed by atoms with Crippen LogP contribution in [0, 0.1) is 5.92 Å². The van der Waals surface area contributed by atoms with Gasteiger partial charge in [0.25, 0.3) is 0 Å². The Kier molecular flexibility index (Phi) is 10.7. The van der Waals surface area contributed by atoms with Gasteiger partial charge in [0.05, 0.1) is 45.4 Å². The number of rotatable bonds is 13. The molecule has 1 aliphatic heterocycles. The molecule has 4 rings (SSSR count). The van der Waals surface area contributed by atoms with Crippen molar-refractivity contribution in [1.82, 2.24) is 0 Å². The van der Waals surface area contributed by atoms with Crippen LogP contribution in [0.3, 0.4) is 0 Å². The molecule has 1 heterocycles. The highest BCUT2D eigenvalue weighted by molar-refractivity contribution is 5.15. The monoisotopic (exact) mass is 504 g/mol. The highest BCUT2D eigenvalue weighted by Crippen LogP contribution is 2.33. The fourth-order valence-corrected chi connectivity index (χ4v) is 4.35. The summed E-state index contributed by atoms with van der Waals surface area (Å²) in [6.45, 7) is 3.58. The molecular formula is C31H36O6. The van der Waals surface area contributed by atoms with Gasteiger partial charge in [0.15, 0.2) is 0 Å². The molecule has 1 saturated heterocycles. The van der Waals surface area contributed by atoms with Crippen molar-refractivity contribution in [1.29, 1.82) is 0 Å². The largest absolute Gasteiger partial charge is 0.472 e. The minimum Gasteiger partial charge on any atom is -0.472 e. The van der Waals surface area contributed by atoms with Crippen molar-refractivity contribution in [3.8, 4) is 0 Å². The summed E-state index contributed by atoms with van der Waals surface area (Å²) in [5.41, 5.74) is 3.24. The Hall–Kier alpha value is -3.00. The maximum atomic E-state index is 9.15. The summed E-state index contributed by atoms with van der Waals surface area (Å²) < 4.78 is 31.3. The van der Waals surface area contributed by atoms with Crippen LogP contribution in [0.2, 0.25) is 0 Å². The Morgan fingerprint density at radius 1 is 0.730 bits per heavy atom. The summed E-state index contributed by atoms with van der Waals surface area (Å²) in [6.07, 6.45) is 1.33. The molecule has 3 aromatic rings. The van der Waals surface area contributed by atoms with Crippen LogP contribution in [0.5, 0.6) is 0 Å². The molecule has 0 aromatic heterocycles. The lowest BCUT2D eigenvalue weighted by atomic mass is 9.91. The van der Waals surface area contributed by atoms with Crippen molar-refractivity contribution in [3.05, 3.63) is 120 Å². The quantitative estimate of drug-likeness (QED) is 0.321. The summed E-state index contributed by atoms with van der Waals surface area (Å²) in [4.78, 5) is 0. The third-order valence-electron chi connectivity index (χ3n) is 6.33. The number of aliphatic hydroxyl groups excluding tert-OH is 1. The number of aliphatic hydroxyl groups is 1. The molecule has 6 nitrogen and oxygen atoms in total. The van der Waals surface area contributed by atoms with Gasteiger partial charge in [-0.1, -0.05) is 97.9 Å². The molecule has 196 valence electrons. The molecule has 0 bridgehead atoms. The van der Waals surface area contributed by atoms with Gasteiger partial charge in [0, 0.05) is 5.92 Å². The summed E-state index contributed by atoms with van der Waals surface area (Å²) in [7, 11) is 0. The van der Waals surface area contributed by atoms with E-state index < -0.39 is 12.4 Å². The van der Waals surface area contributed by atoms with Crippen molar-refractivity contribution < 1.29 is 28.8 Å². The van der Waals surface area contributed by atoms with E-state index in [1.54, 1.807) is 0 Å². The van der Waals surface area contributed by atoms with E-state index in [4.69, 9.17) is 28.8 Å². The molecule has 37 heavy (non-hydrogen) atoms. The standard InChI is InChI=1S/C31H36O6/c1-24-29(35-21-26-14-7-3-8-15-26)30(36-22-27-16-9-4-10-17-27)28(37-31(24)34-19-11-18-32)23-33-20-25-12-5-2-6-13-25/h2-17,19,24,28-32H,18,20-23H2,1H3/b19-11+/t24-,28-,29-,30+,31+/m1/s1. The van der Waals surface area contributed by atoms with Gasteiger partial charge < -0.3 is 28.8 Å². The molecule has 1 aliphatic rings. The zero-order valence-electron chi connectivity index (χ0n) is 21.2. The molecule has 0 spiro atoms. The first-order valence-electron chi connectivity index (χ1n) is 12.7. The lowest BCUT2D eigenvalue weighted by Gasteiger charge is -2.44. The highest BCUT2D eigenvalue weighted by Gasteiger charge is 2.46. The van der Waals surface area contributed by atoms with E-state index in [0.717, 1.165) is 16.7 Å². The van der Waals surface area contributed by atoms with Gasteiger partial charge in [-0.25, -0.2) is 0 Å². The lowest BCUT2D eigenvalue weighted by molar-refractivity contribution is -0.290. The third kappa shape index (κ3) is 8.25. The first kappa shape index (κ1) is 27.0. The Morgan fingerprint density at radius 3 is 1.78 bits per heavy atom. The van der Waals surface area contributed by atoms with Gasteiger partial charge in [0.1, 0.15) is 12.2 Å². The minimum absolute atomic E-state index is 0.110. The second-order valence-corrected chi connectivity index (χ2v) is 9.12. The fraction of sp³-hybridized carbons (Fsp3) is 0.355. The molecule has 5 atom stereocenters. The summed E-state index contributed by atoms with van der Waals surface area (Å²) in [5.74, 6) is -0.141. The van der Waals surface area contributed by atoms with E-state index >= 15 is 0 Å². The zero-order valence-corrected chi connectivity index (χ0v) is 21.2. The second-order valence-electron chi connectivity index (χ2n) is 9.12. The minimum atomic E-state index is -0.578. The molecule has 0 amide bonds. The van der Waals surface area contributed by atoms with Crippen molar-refractivity contribution in [2.24, 2.45) is 5.92 Å². The first-order chi connectivity index (χ1) is 18.2. The van der Waals surface area contributed by atoms with E-state index in [2.05, 4.69) is 0 Å². The van der Waals surface area contributed by atoms with Crippen molar-refractivity contribution in [2.45, 2.75) is 51.3 Å². The third-order valence-corrected chi connectivity index (χ3v) is 6.33. The van der Waals surface area contributed by atoms with Crippen LogP contribution in [0.1, 0.15) is 23.6 Å². The van der Waals surface area contributed by atoms with Crippen LogP contribution in [-0.2, 0) is 43.5 Å². The Balaban J connectivity index is 1.52. The van der Waals surface area contributed by atoms with Gasteiger partial charge in [0.2, 0.25) is 6.29 Å². The Morgan fingerprint density at radius 2 is 1.24 bits per heavy atom. The van der Waals surface area contributed by atoms with Gasteiger partial charge in [-0.2, -0.15) is 0 Å². The van der Waals surface area contributed by atoms with Crippen molar-refractivity contribution in [2.75, 3.05) is 13.2 Å². The van der Waals surface area contributed by atoms with E-state index in [1.807, 2.05) is 97.9 Å². The fourth-order valence-electron chi connectivity index (χ4n) is 4.35. The molecule has 1 N–H and O–H groups in total. The maximum absolute atomic E-state index is 9.15.